The Morgan fingerprint density at radius 1 is 1.27 bits per heavy atom. The molecule has 1 saturated carbocycles. The van der Waals surface area contributed by atoms with Crippen LogP contribution in [0.2, 0.25) is 0 Å². The first-order chi connectivity index (χ1) is 10.8. The molecule has 1 N–H and O–H groups in total. The van der Waals surface area contributed by atoms with Crippen LogP contribution in [-0.2, 0) is 11.3 Å². The molecule has 2 bridgehead atoms. The van der Waals surface area contributed by atoms with Crippen molar-refractivity contribution < 1.29 is 4.79 Å². The van der Waals surface area contributed by atoms with Gasteiger partial charge in [-0.15, -0.1) is 11.3 Å². The van der Waals surface area contributed by atoms with Crippen LogP contribution >= 0.6 is 11.3 Å². The smallest absolute Gasteiger partial charge is 0.223 e. The SMILES string of the molecule is O=C(NCc1cccnc1-c1cccs1)C1CC2C=CC1C2. The molecule has 22 heavy (non-hydrogen) atoms. The van der Waals surface area contributed by atoms with Crippen molar-refractivity contribution in [3.63, 3.8) is 0 Å². The van der Waals surface area contributed by atoms with Crippen LogP contribution in [0.25, 0.3) is 10.6 Å². The van der Waals surface area contributed by atoms with Crippen molar-refractivity contribution in [2.45, 2.75) is 19.4 Å². The minimum absolute atomic E-state index is 0.164. The Bertz CT molecular complexity index is 708. The molecular formula is C18H18N2OS. The molecule has 0 radical (unpaired) electrons. The van der Waals surface area contributed by atoms with Gasteiger partial charge in [0.1, 0.15) is 0 Å². The number of hydrogen-bond donors (Lipinski definition) is 1. The van der Waals surface area contributed by atoms with Crippen molar-refractivity contribution >= 4 is 17.2 Å². The first-order valence-electron chi connectivity index (χ1n) is 7.75. The molecule has 4 heteroatoms. The molecule has 112 valence electrons. The number of thiophene rings is 1. The van der Waals surface area contributed by atoms with Gasteiger partial charge in [0.15, 0.2) is 0 Å². The number of fused-ring (bicyclic) bond motifs is 2. The van der Waals surface area contributed by atoms with Gasteiger partial charge in [0, 0.05) is 18.7 Å². The summed E-state index contributed by atoms with van der Waals surface area (Å²) in [6.07, 6.45) is 8.47. The van der Waals surface area contributed by atoms with Gasteiger partial charge in [0.05, 0.1) is 10.6 Å². The first kappa shape index (κ1) is 13.7. The number of allylic oxidation sites excluding steroid dienone is 2. The zero-order valence-corrected chi connectivity index (χ0v) is 13.1. The van der Waals surface area contributed by atoms with E-state index in [9.17, 15) is 4.79 Å². The van der Waals surface area contributed by atoms with Crippen molar-refractivity contribution in [1.82, 2.24) is 10.3 Å². The topological polar surface area (TPSA) is 42.0 Å². The van der Waals surface area contributed by atoms with E-state index < -0.39 is 0 Å². The Labute approximate surface area is 134 Å². The molecule has 1 amide bonds. The van der Waals surface area contributed by atoms with Crippen LogP contribution in [0.3, 0.4) is 0 Å². The Balaban J connectivity index is 1.46. The number of rotatable bonds is 4. The van der Waals surface area contributed by atoms with Crippen LogP contribution < -0.4 is 5.32 Å². The van der Waals surface area contributed by atoms with Crippen LogP contribution in [0.1, 0.15) is 18.4 Å². The molecule has 2 aromatic heterocycles. The van der Waals surface area contributed by atoms with Gasteiger partial charge in [-0.05, 0) is 47.8 Å². The summed E-state index contributed by atoms with van der Waals surface area (Å²) in [6.45, 7) is 0.553. The second-order valence-electron chi connectivity index (χ2n) is 6.09. The molecule has 0 saturated heterocycles. The minimum atomic E-state index is 0.164. The molecular weight excluding hydrogens is 292 g/mol. The van der Waals surface area contributed by atoms with E-state index >= 15 is 0 Å². The fourth-order valence-electron chi connectivity index (χ4n) is 3.61. The van der Waals surface area contributed by atoms with Gasteiger partial charge in [-0.25, -0.2) is 0 Å². The molecule has 0 aromatic carbocycles. The van der Waals surface area contributed by atoms with Crippen LogP contribution in [0, 0.1) is 17.8 Å². The number of carbonyl (C=O) groups excluding carboxylic acids is 1. The molecule has 3 unspecified atom stereocenters. The van der Waals surface area contributed by atoms with Gasteiger partial charge in [-0.2, -0.15) is 0 Å². The normalized spacial score (nSPS) is 25.5. The van der Waals surface area contributed by atoms with Gasteiger partial charge in [-0.3, -0.25) is 9.78 Å². The van der Waals surface area contributed by atoms with E-state index in [1.54, 1.807) is 17.5 Å². The lowest BCUT2D eigenvalue weighted by Crippen LogP contribution is -2.32. The molecule has 0 spiro atoms. The molecule has 0 aliphatic heterocycles. The van der Waals surface area contributed by atoms with Crippen LogP contribution in [0.5, 0.6) is 0 Å². The second kappa shape index (κ2) is 5.69. The molecule has 3 atom stereocenters. The third kappa shape index (κ3) is 2.48. The Hall–Kier alpha value is -1.94. The highest BCUT2D eigenvalue weighted by molar-refractivity contribution is 7.13. The van der Waals surface area contributed by atoms with Crippen LogP contribution in [-0.4, -0.2) is 10.9 Å². The quantitative estimate of drug-likeness (QED) is 0.876. The number of carbonyl (C=O) groups is 1. The number of nitrogens with one attached hydrogen (secondary N) is 1. The Morgan fingerprint density at radius 2 is 2.23 bits per heavy atom. The molecule has 2 aliphatic carbocycles. The average molecular weight is 310 g/mol. The van der Waals surface area contributed by atoms with Gasteiger partial charge >= 0.3 is 0 Å². The molecule has 2 heterocycles. The monoisotopic (exact) mass is 310 g/mol. The molecule has 1 fully saturated rings. The third-order valence-electron chi connectivity index (χ3n) is 4.71. The van der Waals surface area contributed by atoms with Gasteiger partial charge in [-0.1, -0.05) is 24.3 Å². The number of aromatic nitrogens is 1. The summed E-state index contributed by atoms with van der Waals surface area (Å²) in [7, 11) is 0. The summed E-state index contributed by atoms with van der Waals surface area (Å²) in [6, 6.07) is 8.07. The molecule has 3 nitrogen and oxygen atoms in total. The Morgan fingerprint density at radius 3 is 2.95 bits per heavy atom. The standard InChI is InChI=1S/C18H18N2OS/c21-18(15-10-12-5-6-13(15)9-12)20-11-14-3-1-7-19-17(14)16-4-2-8-22-16/h1-8,12-13,15H,9-11H2,(H,20,21). The zero-order chi connectivity index (χ0) is 14.9. The zero-order valence-electron chi connectivity index (χ0n) is 12.2. The Kier molecular flexibility index (Phi) is 3.54. The maximum absolute atomic E-state index is 12.4. The van der Waals surface area contributed by atoms with Crippen molar-refractivity contribution in [1.29, 1.82) is 0 Å². The van der Waals surface area contributed by atoms with Gasteiger partial charge in [0.2, 0.25) is 5.91 Å². The first-order valence-corrected chi connectivity index (χ1v) is 8.63. The van der Waals surface area contributed by atoms with E-state index in [0.29, 0.717) is 18.4 Å². The van der Waals surface area contributed by atoms with E-state index in [1.165, 1.54) is 0 Å². The highest BCUT2D eigenvalue weighted by atomic mass is 32.1. The summed E-state index contributed by atoms with van der Waals surface area (Å²) in [4.78, 5) is 18.1. The predicted molar refractivity (Wildman–Crippen MR) is 88.2 cm³/mol. The molecule has 4 rings (SSSR count). The van der Waals surface area contributed by atoms with E-state index in [0.717, 1.165) is 29.0 Å². The highest BCUT2D eigenvalue weighted by Crippen LogP contribution is 2.43. The van der Waals surface area contributed by atoms with E-state index in [-0.39, 0.29) is 11.8 Å². The van der Waals surface area contributed by atoms with Crippen molar-refractivity contribution in [3.05, 3.63) is 53.6 Å². The minimum Gasteiger partial charge on any atom is -0.352 e. The third-order valence-corrected chi connectivity index (χ3v) is 5.59. The van der Waals surface area contributed by atoms with E-state index in [4.69, 9.17) is 0 Å². The fourth-order valence-corrected chi connectivity index (χ4v) is 4.37. The largest absolute Gasteiger partial charge is 0.352 e. The lowest BCUT2D eigenvalue weighted by molar-refractivity contribution is -0.125. The van der Waals surface area contributed by atoms with Crippen LogP contribution in [0.4, 0.5) is 0 Å². The number of nitrogens with zero attached hydrogens (tertiary/aromatic N) is 1. The molecule has 2 aromatic rings. The highest BCUT2D eigenvalue weighted by Gasteiger charge is 2.39. The van der Waals surface area contributed by atoms with E-state index in [2.05, 4.69) is 28.5 Å². The van der Waals surface area contributed by atoms with E-state index in [1.807, 2.05) is 23.6 Å². The summed E-state index contributed by atoms with van der Waals surface area (Å²) in [5.74, 6) is 1.44. The summed E-state index contributed by atoms with van der Waals surface area (Å²) >= 11 is 1.68. The number of pyridine rings is 1. The van der Waals surface area contributed by atoms with Crippen molar-refractivity contribution in [2.75, 3.05) is 0 Å². The van der Waals surface area contributed by atoms with Crippen molar-refractivity contribution in [3.8, 4) is 10.6 Å². The van der Waals surface area contributed by atoms with Gasteiger partial charge < -0.3 is 5.32 Å². The maximum atomic E-state index is 12.4. The second-order valence-corrected chi connectivity index (χ2v) is 7.04. The summed E-state index contributed by atoms with van der Waals surface area (Å²) in [5.41, 5.74) is 2.06. The predicted octanol–water partition coefficient (Wildman–Crippen LogP) is 3.64. The average Bonchev–Trinajstić information content (AvgIpc) is 3.29. The fraction of sp³-hybridized carbons (Fsp3) is 0.333. The van der Waals surface area contributed by atoms with Gasteiger partial charge in [0.25, 0.3) is 0 Å². The lowest BCUT2D eigenvalue weighted by atomic mass is 9.93. The summed E-state index contributed by atoms with van der Waals surface area (Å²) < 4.78 is 0. The molecule has 2 aliphatic rings. The number of amides is 1. The maximum Gasteiger partial charge on any atom is 0.223 e. The van der Waals surface area contributed by atoms with Crippen molar-refractivity contribution in [2.24, 2.45) is 17.8 Å². The lowest BCUT2D eigenvalue weighted by Gasteiger charge is -2.18. The number of hydrogen-bond acceptors (Lipinski definition) is 3. The summed E-state index contributed by atoms with van der Waals surface area (Å²) in [5, 5.41) is 5.17. The van der Waals surface area contributed by atoms with Crippen LogP contribution in [0.15, 0.2) is 48.0 Å².